The Morgan fingerprint density at radius 1 is 1.50 bits per heavy atom. The molecule has 1 unspecified atom stereocenters. The van der Waals surface area contributed by atoms with Crippen LogP contribution in [0.1, 0.15) is 30.9 Å². The third-order valence-corrected chi connectivity index (χ3v) is 3.60. The summed E-state index contributed by atoms with van der Waals surface area (Å²) in [6.45, 7) is 3.82. The normalized spacial score (nSPS) is 15.3. The zero-order chi connectivity index (χ0) is 13.0. The van der Waals surface area contributed by atoms with Crippen LogP contribution in [0.4, 0.5) is 0 Å². The average Bonchev–Trinajstić information content (AvgIpc) is 2.82. The lowest BCUT2D eigenvalue weighted by Crippen LogP contribution is -2.29. The van der Waals surface area contributed by atoms with Gasteiger partial charge in [-0.2, -0.15) is 0 Å². The number of nitrogens with one attached hydrogen (secondary N) is 1. The summed E-state index contributed by atoms with van der Waals surface area (Å²) in [5, 5.41) is 13.2. The molecule has 0 aromatic heterocycles. The zero-order valence-electron chi connectivity index (χ0n) is 10.7. The number of ether oxygens (including phenoxy) is 1. The van der Waals surface area contributed by atoms with Gasteiger partial charge in [0.1, 0.15) is 5.75 Å². The van der Waals surface area contributed by atoms with Crippen LogP contribution in [0.2, 0.25) is 5.02 Å². The lowest BCUT2D eigenvalue weighted by molar-refractivity contribution is 0.261. The van der Waals surface area contributed by atoms with Gasteiger partial charge in [-0.05, 0) is 30.5 Å². The first-order valence-electron chi connectivity index (χ1n) is 6.53. The molecule has 1 atom stereocenters. The number of hydrogen-bond donors (Lipinski definition) is 2. The molecule has 0 saturated heterocycles. The van der Waals surface area contributed by atoms with Gasteiger partial charge in [-0.1, -0.05) is 18.5 Å². The molecule has 18 heavy (non-hydrogen) atoms. The summed E-state index contributed by atoms with van der Waals surface area (Å²) in [7, 11) is 0. The van der Waals surface area contributed by atoms with Gasteiger partial charge in [0.2, 0.25) is 0 Å². The minimum Gasteiger partial charge on any atom is -0.493 e. The standard InChI is InChI=1S/C14H20ClNO2/c1-2-13(3-5-17)16-9-11-8-12(15)7-10-4-6-18-14(10)11/h7-8,13,16-17H,2-6,9H2,1H3. The van der Waals surface area contributed by atoms with Crippen molar-refractivity contribution in [2.75, 3.05) is 13.2 Å². The SMILES string of the molecule is CCC(CCO)NCc1cc(Cl)cc2c1OCC2. The molecule has 0 spiro atoms. The smallest absolute Gasteiger partial charge is 0.127 e. The number of halogens is 1. The van der Waals surface area contributed by atoms with E-state index >= 15 is 0 Å². The van der Waals surface area contributed by atoms with Crippen LogP contribution in [-0.4, -0.2) is 24.4 Å². The van der Waals surface area contributed by atoms with Crippen LogP contribution in [0.3, 0.4) is 0 Å². The van der Waals surface area contributed by atoms with Crippen molar-refractivity contribution in [3.63, 3.8) is 0 Å². The van der Waals surface area contributed by atoms with Gasteiger partial charge < -0.3 is 15.2 Å². The Bertz CT molecular complexity index is 409. The molecule has 0 radical (unpaired) electrons. The summed E-state index contributed by atoms with van der Waals surface area (Å²) < 4.78 is 5.66. The molecule has 1 heterocycles. The summed E-state index contributed by atoms with van der Waals surface area (Å²) in [5.41, 5.74) is 2.32. The van der Waals surface area contributed by atoms with E-state index in [2.05, 4.69) is 12.2 Å². The van der Waals surface area contributed by atoms with Crippen LogP contribution < -0.4 is 10.1 Å². The summed E-state index contributed by atoms with van der Waals surface area (Å²) >= 11 is 6.12. The van der Waals surface area contributed by atoms with Crippen molar-refractivity contribution in [1.82, 2.24) is 5.32 Å². The molecule has 2 rings (SSSR count). The quantitative estimate of drug-likeness (QED) is 0.834. The number of fused-ring (bicyclic) bond motifs is 1. The van der Waals surface area contributed by atoms with E-state index in [0.717, 1.165) is 48.7 Å². The topological polar surface area (TPSA) is 41.5 Å². The monoisotopic (exact) mass is 269 g/mol. The van der Waals surface area contributed by atoms with Crippen molar-refractivity contribution in [3.05, 3.63) is 28.3 Å². The molecule has 1 aliphatic heterocycles. The van der Waals surface area contributed by atoms with Crippen LogP contribution in [0.5, 0.6) is 5.75 Å². The van der Waals surface area contributed by atoms with E-state index in [9.17, 15) is 0 Å². The predicted octanol–water partition coefficient (Wildman–Crippen LogP) is 2.53. The molecule has 0 fully saturated rings. The average molecular weight is 270 g/mol. The number of rotatable bonds is 6. The highest BCUT2D eigenvalue weighted by Gasteiger charge is 2.18. The zero-order valence-corrected chi connectivity index (χ0v) is 11.5. The van der Waals surface area contributed by atoms with Crippen LogP contribution in [0.15, 0.2) is 12.1 Å². The fourth-order valence-corrected chi connectivity index (χ4v) is 2.60. The van der Waals surface area contributed by atoms with Crippen LogP contribution in [0.25, 0.3) is 0 Å². The Balaban J connectivity index is 2.05. The van der Waals surface area contributed by atoms with Gasteiger partial charge >= 0.3 is 0 Å². The summed E-state index contributed by atoms with van der Waals surface area (Å²) in [5.74, 6) is 0.991. The lowest BCUT2D eigenvalue weighted by atomic mass is 10.1. The first-order valence-corrected chi connectivity index (χ1v) is 6.90. The van der Waals surface area contributed by atoms with Crippen molar-refractivity contribution in [2.24, 2.45) is 0 Å². The highest BCUT2D eigenvalue weighted by atomic mass is 35.5. The third-order valence-electron chi connectivity index (χ3n) is 3.38. The first kappa shape index (κ1) is 13.7. The van der Waals surface area contributed by atoms with Crippen molar-refractivity contribution in [3.8, 4) is 5.75 Å². The highest BCUT2D eigenvalue weighted by Crippen LogP contribution is 2.32. The molecule has 0 bridgehead atoms. The van der Waals surface area contributed by atoms with E-state index in [0.29, 0.717) is 6.04 Å². The van der Waals surface area contributed by atoms with Crippen molar-refractivity contribution in [2.45, 2.75) is 38.8 Å². The van der Waals surface area contributed by atoms with Gasteiger partial charge in [0.25, 0.3) is 0 Å². The molecule has 1 aromatic carbocycles. The second-order valence-electron chi connectivity index (χ2n) is 4.65. The molecule has 1 aliphatic rings. The van der Waals surface area contributed by atoms with Crippen LogP contribution >= 0.6 is 11.6 Å². The minimum absolute atomic E-state index is 0.218. The van der Waals surface area contributed by atoms with E-state index in [1.807, 2.05) is 12.1 Å². The molecular formula is C14H20ClNO2. The van der Waals surface area contributed by atoms with Gasteiger partial charge in [0.05, 0.1) is 6.61 Å². The highest BCUT2D eigenvalue weighted by molar-refractivity contribution is 6.30. The van der Waals surface area contributed by atoms with Gasteiger partial charge in [0.15, 0.2) is 0 Å². The Hall–Kier alpha value is -0.770. The van der Waals surface area contributed by atoms with Crippen molar-refractivity contribution in [1.29, 1.82) is 0 Å². The van der Waals surface area contributed by atoms with E-state index in [1.165, 1.54) is 5.56 Å². The molecule has 0 amide bonds. The molecule has 0 aliphatic carbocycles. The van der Waals surface area contributed by atoms with E-state index in [-0.39, 0.29) is 6.61 Å². The fourth-order valence-electron chi connectivity index (χ4n) is 2.34. The van der Waals surface area contributed by atoms with Crippen molar-refractivity contribution >= 4 is 11.6 Å². The van der Waals surface area contributed by atoms with Gasteiger partial charge in [0, 0.05) is 36.2 Å². The molecule has 100 valence electrons. The minimum atomic E-state index is 0.218. The molecule has 2 N–H and O–H groups in total. The summed E-state index contributed by atoms with van der Waals surface area (Å²) in [6.07, 6.45) is 2.72. The summed E-state index contributed by atoms with van der Waals surface area (Å²) in [4.78, 5) is 0. The third kappa shape index (κ3) is 3.16. The number of aliphatic hydroxyl groups is 1. The van der Waals surface area contributed by atoms with Crippen LogP contribution in [0, 0.1) is 0 Å². The van der Waals surface area contributed by atoms with Crippen molar-refractivity contribution < 1.29 is 9.84 Å². The lowest BCUT2D eigenvalue weighted by Gasteiger charge is -2.17. The maximum absolute atomic E-state index is 8.98. The van der Waals surface area contributed by atoms with E-state index in [1.54, 1.807) is 0 Å². The molecule has 1 aromatic rings. The predicted molar refractivity (Wildman–Crippen MR) is 73.3 cm³/mol. The van der Waals surface area contributed by atoms with Gasteiger partial charge in [-0.15, -0.1) is 0 Å². The molecule has 0 saturated carbocycles. The Kier molecular flexibility index (Phi) is 4.87. The fraction of sp³-hybridized carbons (Fsp3) is 0.571. The summed E-state index contributed by atoms with van der Waals surface area (Å²) in [6, 6.07) is 4.29. The van der Waals surface area contributed by atoms with Gasteiger partial charge in [-0.25, -0.2) is 0 Å². The Morgan fingerprint density at radius 3 is 3.06 bits per heavy atom. The van der Waals surface area contributed by atoms with Gasteiger partial charge in [-0.3, -0.25) is 0 Å². The number of aliphatic hydroxyl groups excluding tert-OH is 1. The maximum Gasteiger partial charge on any atom is 0.127 e. The van der Waals surface area contributed by atoms with E-state index in [4.69, 9.17) is 21.4 Å². The number of hydrogen-bond acceptors (Lipinski definition) is 3. The Morgan fingerprint density at radius 2 is 2.33 bits per heavy atom. The van der Waals surface area contributed by atoms with Crippen LogP contribution in [-0.2, 0) is 13.0 Å². The largest absolute Gasteiger partial charge is 0.493 e. The Labute approximate surface area is 113 Å². The number of benzene rings is 1. The molecular weight excluding hydrogens is 250 g/mol. The maximum atomic E-state index is 8.98. The van der Waals surface area contributed by atoms with E-state index < -0.39 is 0 Å². The molecule has 3 nitrogen and oxygen atoms in total. The second kappa shape index (κ2) is 6.41. The first-order chi connectivity index (χ1) is 8.74. The second-order valence-corrected chi connectivity index (χ2v) is 5.09. The molecule has 4 heteroatoms.